The van der Waals surface area contributed by atoms with Crippen LogP contribution in [0.4, 0.5) is 23.2 Å². The molecule has 2 aromatic heterocycles. The highest BCUT2D eigenvalue weighted by Gasteiger charge is 2.38. The molecule has 0 aliphatic heterocycles. The van der Waals surface area contributed by atoms with Crippen molar-refractivity contribution < 1.29 is 32.3 Å². The van der Waals surface area contributed by atoms with Crippen LogP contribution in [-0.2, 0) is 11.2 Å². The summed E-state index contributed by atoms with van der Waals surface area (Å²) in [5.74, 6) is -3.41. The summed E-state index contributed by atoms with van der Waals surface area (Å²) in [5.41, 5.74) is 4.22. The molecule has 4 rings (SSSR count). The number of carbonyl (C=O) groups excluding carboxylic acids is 1. The van der Waals surface area contributed by atoms with E-state index in [1.807, 2.05) is 33.8 Å². The molecule has 0 aliphatic rings. The molecule has 7 nitrogen and oxygen atoms in total. The summed E-state index contributed by atoms with van der Waals surface area (Å²) >= 11 is 0. The maximum absolute atomic E-state index is 15.0. The van der Waals surface area contributed by atoms with E-state index in [1.54, 1.807) is 36.7 Å². The number of anilines is 1. The van der Waals surface area contributed by atoms with Gasteiger partial charge in [-0.2, -0.15) is 13.2 Å². The van der Waals surface area contributed by atoms with E-state index >= 15 is 4.39 Å². The highest BCUT2D eigenvalue weighted by atomic mass is 19.4. The van der Waals surface area contributed by atoms with Gasteiger partial charge in [0.15, 0.2) is 0 Å². The number of fused-ring (bicyclic) bond motifs is 1. The van der Waals surface area contributed by atoms with Crippen LogP contribution < -0.4 is 10.6 Å². The number of benzene rings is 2. The second-order valence-corrected chi connectivity index (χ2v) is 10.1. The smallest absolute Gasteiger partial charge is 0.408 e. The number of carboxylic acids is 1. The van der Waals surface area contributed by atoms with Crippen LogP contribution in [0.1, 0.15) is 59.8 Å². The molecule has 3 N–H and O–H groups in total. The SMILES string of the molecule is CC.CC[C@@H](Nc1cc(C)c(C(=O)N[C@@H](Cc2ccc(-c3nccc(C)c3C)c3ncccc23)C(=O)O)c(F)c1)C(F)(F)F. The first-order valence-electron chi connectivity index (χ1n) is 14.3. The Morgan fingerprint density at radius 1 is 0.977 bits per heavy atom. The van der Waals surface area contributed by atoms with Crippen LogP contribution in [0.2, 0.25) is 0 Å². The van der Waals surface area contributed by atoms with Gasteiger partial charge in [0.25, 0.3) is 5.91 Å². The number of carbonyl (C=O) groups is 2. The van der Waals surface area contributed by atoms with Gasteiger partial charge in [0.2, 0.25) is 0 Å². The number of halogens is 4. The fourth-order valence-electron chi connectivity index (χ4n) is 4.89. The van der Waals surface area contributed by atoms with Crippen molar-refractivity contribution in [1.82, 2.24) is 15.3 Å². The first-order chi connectivity index (χ1) is 20.8. The topological polar surface area (TPSA) is 104 Å². The van der Waals surface area contributed by atoms with Crippen LogP contribution in [0, 0.1) is 26.6 Å². The predicted molar refractivity (Wildman–Crippen MR) is 163 cm³/mol. The zero-order valence-electron chi connectivity index (χ0n) is 25.4. The Morgan fingerprint density at radius 3 is 2.30 bits per heavy atom. The molecular formula is C33H36F4N4O3. The predicted octanol–water partition coefficient (Wildman–Crippen LogP) is 7.57. The van der Waals surface area contributed by atoms with Gasteiger partial charge in [-0.15, -0.1) is 0 Å². The average Bonchev–Trinajstić information content (AvgIpc) is 2.97. The summed E-state index contributed by atoms with van der Waals surface area (Å²) in [6.45, 7) is 10.6. The third-order valence-electron chi connectivity index (χ3n) is 7.28. The van der Waals surface area contributed by atoms with Gasteiger partial charge in [-0.3, -0.25) is 14.8 Å². The van der Waals surface area contributed by atoms with Crippen molar-refractivity contribution in [3.8, 4) is 11.3 Å². The van der Waals surface area contributed by atoms with E-state index in [2.05, 4.69) is 20.6 Å². The van der Waals surface area contributed by atoms with Crippen molar-refractivity contribution in [2.75, 3.05) is 5.32 Å². The number of hydrogen-bond acceptors (Lipinski definition) is 5. The lowest BCUT2D eigenvalue weighted by atomic mass is 9.95. The standard InChI is InChI=1S/C31H30F4N4O3.C2H6/c1-5-25(31(33,34)35)38-20-13-17(3)26(23(32)15-20)29(40)39-24(30(41)42)14-19-8-9-22(28-21(19)7-6-11-36-28)27-18(4)16(2)10-12-37-27;1-2/h6-13,15,24-25,38H,5,14H2,1-4H3,(H,39,40)(H,41,42);1-2H3/t24-,25+;/m0./s1. The van der Waals surface area contributed by atoms with Crippen LogP contribution in [0.25, 0.3) is 22.2 Å². The molecule has 2 aromatic carbocycles. The zero-order valence-corrected chi connectivity index (χ0v) is 25.4. The monoisotopic (exact) mass is 612 g/mol. The minimum absolute atomic E-state index is 0.0520. The number of rotatable bonds is 9. The molecule has 0 spiro atoms. The summed E-state index contributed by atoms with van der Waals surface area (Å²) in [5, 5.41) is 15.2. The summed E-state index contributed by atoms with van der Waals surface area (Å²) in [4.78, 5) is 34.3. The maximum Gasteiger partial charge on any atom is 0.408 e. The van der Waals surface area contributed by atoms with Crippen molar-refractivity contribution in [3.05, 3.63) is 88.5 Å². The molecule has 0 fully saturated rings. The Balaban J connectivity index is 0.00000259. The number of amides is 1. The van der Waals surface area contributed by atoms with Crippen molar-refractivity contribution in [3.63, 3.8) is 0 Å². The van der Waals surface area contributed by atoms with E-state index in [-0.39, 0.29) is 24.1 Å². The zero-order chi connectivity index (χ0) is 32.8. The summed E-state index contributed by atoms with van der Waals surface area (Å²) < 4.78 is 54.5. The highest BCUT2D eigenvalue weighted by molar-refractivity contribution is 5.99. The highest BCUT2D eigenvalue weighted by Crippen LogP contribution is 2.32. The van der Waals surface area contributed by atoms with Gasteiger partial charge in [-0.1, -0.05) is 39.0 Å². The molecule has 0 saturated heterocycles. The lowest BCUT2D eigenvalue weighted by Crippen LogP contribution is -2.43. The van der Waals surface area contributed by atoms with Crippen molar-refractivity contribution in [2.24, 2.45) is 0 Å². The molecule has 0 bridgehead atoms. The van der Waals surface area contributed by atoms with Crippen LogP contribution in [-0.4, -0.2) is 45.2 Å². The van der Waals surface area contributed by atoms with E-state index in [0.717, 1.165) is 28.5 Å². The second-order valence-electron chi connectivity index (χ2n) is 10.1. The first-order valence-corrected chi connectivity index (χ1v) is 14.3. The summed E-state index contributed by atoms with van der Waals surface area (Å²) in [6.07, 6.45) is -1.62. The molecule has 234 valence electrons. The number of aromatic nitrogens is 2. The first kappa shape index (κ1) is 34.0. The molecule has 0 unspecified atom stereocenters. The normalized spacial score (nSPS) is 12.6. The lowest BCUT2D eigenvalue weighted by Gasteiger charge is -2.22. The molecule has 0 radical (unpaired) electrons. The van der Waals surface area contributed by atoms with Gasteiger partial charge in [0, 0.05) is 35.5 Å². The number of pyridine rings is 2. The van der Waals surface area contributed by atoms with Crippen molar-refractivity contribution in [2.45, 2.75) is 72.6 Å². The van der Waals surface area contributed by atoms with Crippen molar-refractivity contribution in [1.29, 1.82) is 0 Å². The van der Waals surface area contributed by atoms with Crippen LogP contribution in [0.5, 0.6) is 0 Å². The fraction of sp³-hybridized carbons (Fsp3) is 0.333. The Labute approximate surface area is 253 Å². The van der Waals surface area contributed by atoms with E-state index in [4.69, 9.17) is 0 Å². The van der Waals surface area contributed by atoms with E-state index in [9.17, 15) is 27.9 Å². The second kappa shape index (κ2) is 14.3. The summed E-state index contributed by atoms with van der Waals surface area (Å²) in [6, 6.07) is 7.67. The minimum atomic E-state index is -4.54. The Morgan fingerprint density at radius 2 is 1.68 bits per heavy atom. The molecular weight excluding hydrogens is 576 g/mol. The minimum Gasteiger partial charge on any atom is -0.480 e. The number of nitrogens with zero attached hydrogens (tertiary/aromatic N) is 2. The van der Waals surface area contributed by atoms with E-state index < -0.39 is 41.5 Å². The number of nitrogens with one attached hydrogen (secondary N) is 2. The number of carboxylic acid groups (broad SMARTS) is 1. The largest absolute Gasteiger partial charge is 0.480 e. The lowest BCUT2D eigenvalue weighted by molar-refractivity contribution is -0.143. The molecule has 11 heteroatoms. The third kappa shape index (κ3) is 7.50. The summed E-state index contributed by atoms with van der Waals surface area (Å²) in [7, 11) is 0. The van der Waals surface area contributed by atoms with E-state index in [1.165, 1.54) is 19.9 Å². The third-order valence-corrected chi connectivity index (χ3v) is 7.28. The molecule has 0 saturated carbocycles. The number of aliphatic carboxylic acids is 1. The van der Waals surface area contributed by atoms with Crippen molar-refractivity contribution >= 4 is 28.5 Å². The van der Waals surface area contributed by atoms with Crippen LogP contribution in [0.3, 0.4) is 0 Å². The van der Waals surface area contributed by atoms with Gasteiger partial charge >= 0.3 is 12.1 Å². The number of hydrogen-bond donors (Lipinski definition) is 3. The molecule has 2 heterocycles. The Bertz CT molecular complexity index is 1630. The van der Waals surface area contributed by atoms with Gasteiger partial charge in [-0.05, 0) is 73.7 Å². The number of aryl methyl sites for hydroxylation is 2. The van der Waals surface area contributed by atoms with Crippen LogP contribution >= 0.6 is 0 Å². The molecule has 4 aromatic rings. The average molecular weight is 613 g/mol. The Kier molecular flexibility index (Phi) is 11.0. The van der Waals surface area contributed by atoms with Gasteiger partial charge in [-0.25, -0.2) is 9.18 Å². The van der Waals surface area contributed by atoms with E-state index in [0.29, 0.717) is 16.5 Å². The van der Waals surface area contributed by atoms with Gasteiger partial charge < -0.3 is 15.7 Å². The van der Waals surface area contributed by atoms with Gasteiger partial charge in [0.05, 0.1) is 16.8 Å². The molecule has 2 atom stereocenters. The molecule has 1 amide bonds. The fourth-order valence-corrected chi connectivity index (χ4v) is 4.89. The Hall–Kier alpha value is -4.54. The number of alkyl halides is 3. The quantitative estimate of drug-likeness (QED) is 0.169. The van der Waals surface area contributed by atoms with Crippen LogP contribution in [0.15, 0.2) is 54.9 Å². The van der Waals surface area contributed by atoms with Gasteiger partial charge in [0.1, 0.15) is 17.9 Å². The maximum atomic E-state index is 15.0. The molecule has 44 heavy (non-hydrogen) atoms. The molecule has 0 aliphatic carbocycles.